The minimum Gasteiger partial charge on any atom is -0.326 e. The van der Waals surface area contributed by atoms with Crippen molar-refractivity contribution in [1.82, 2.24) is 4.98 Å². The van der Waals surface area contributed by atoms with E-state index in [0.717, 1.165) is 20.4 Å². The molecule has 0 atom stereocenters. The lowest BCUT2D eigenvalue weighted by Gasteiger charge is -2.03. The third kappa shape index (κ3) is 3.00. The maximum Gasteiger partial charge on any atom is 0.221 e. The van der Waals surface area contributed by atoms with E-state index < -0.39 is 0 Å². The van der Waals surface area contributed by atoms with Crippen molar-refractivity contribution in [2.24, 2.45) is 0 Å². The quantitative estimate of drug-likeness (QED) is 0.779. The van der Waals surface area contributed by atoms with Crippen LogP contribution >= 0.6 is 23.1 Å². The maximum absolute atomic E-state index is 11.1. The molecule has 0 saturated carbocycles. The molecular weight excluding hydrogens is 288 g/mol. The molecule has 0 spiro atoms. The van der Waals surface area contributed by atoms with Gasteiger partial charge < -0.3 is 5.32 Å². The first-order valence-corrected chi connectivity index (χ1v) is 7.75. The predicted octanol–water partition coefficient (Wildman–Crippen LogP) is 4.41. The van der Waals surface area contributed by atoms with Crippen LogP contribution in [0.15, 0.2) is 57.8 Å². The third-order valence-electron chi connectivity index (χ3n) is 2.63. The Morgan fingerprint density at radius 3 is 2.85 bits per heavy atom. The van der Waals surface area contributed by atoms with Gasteiger partial charge in [0.05, 0.1) is 10.2 Å². The Morgan fingerprint density at radius 1 is 1.20 bits per heavy atom. The highest BCUT2D eigenvalue weighted by Gasteiger charge is 2.06. The van der Waals surface area contributed by atoms with E-state index in [-0.39, 0.29) is 5.91 Å². The predicted molar refractivity (Wildman–Crippen MR) is 84.5 cm³/mol. The Kier molecular flexibility index (Phi) is 3.71. The fourth-order valence-electron chi connectivity index (χ4n) is 1.84. The zero-order valence-corrected chi connectivity index (χ0v) is 12.4. The summed E-state index contributed by atoms with van der Waals surface area (Å²) in [6.45, 7) is 1.51. The highest BCUT2D eigenvalue weighted by atomic mass is 32.2. The molecule has 0 aliphatic carbocycles. The second kappa shape index (κ2) is 5.64. The molecule has 0 fully saturated rings. The van der Waals surface area contributed by atoms with Crippen molar-refractivity contribution >= 4 is 44.9 Å². The highest BCUT2D eigenvalue weighted by Crippen LogP contribution is 2.35. The fraction of sp³-hybridized carbons (Fsp3) is 0.0667. The number of amides is 1. The molecule has 0 bridgehead atoms. The van der Waals surface area contributed by atoms with Crippen molar-refractivity contribution in [2.75, 3.05) is 5.32 Å². The van der Waals surface area contributed by atoms with Crippen molar-refractivity contribution in [3.8, 4) is 0 Å². The molecule has 1 aromatic heterocycles. The summed E-state index contributed by atoms with van der Waals surface area (Å²) < 4.78 is 2.19. The number of benzene rings is 2. The largest absolute Gasteiger partial charge is 0.326 e. The van der Waals surface area contributed by atoms with Crippen molar-refractivity contribution in [1.29, 1.82) is 0 Å². The third-order valence-corrected chi connectivity index (χ3v) is 4.72. The summed E-state index contributed by atoms with van der Waals surface area (Å²) in [6, 6.07) is 15.9. The van der Waals surface area contributed by atoms with Crippen LogP contribution in [-0.4, -0.2) is 10.9 Å². The highest BCUT2D eigenvalue weighted by molar-refractivity contribution is 8.01. The number of fused-ring (bicyclic) bond motifs is 1. The molecule has 0 aliphatic heterocycles. The molecule has 5 heteroatoms. The van der Waals surface area contributed by atoms with Gasteiger partial charge in [0.15, 0.2) is 4.34 Å². The summed E-state index contributed by atoms with van der Waals surface area (Å²) in [5, 5.41) is 2.79. The van der Waals surface area contributed by atoms with E-state index >= 15 is 0 Å². The number of rotatable bonds is 3. The van der Waals surface area contributed by atoms with Crippen LogP contribution in [0, 0.1) is 0 Å². The first-order valence-electron chi connectivity index (χ1n) is 6.12. The van der Waals surface area contributed by atoms with Gasteiger partial charge in [0.25, 0.3) is 0 Å². The van der Waals surface area contributed by atoms with Gasteiger partial charge in [-0.1, -0.05) is 30.0 Å². The number of carbonyl (C=O) groups excluding carboxylic acids is 1. The van der Waals surface area contributed by atoms with Crippen molar-refractivity contribution < 1.29 is 4.79 Å². The van der Waals surface area contributed by atoms with Crippen LogP contribution in [0.25, 0.3) is 10.2 Å². The van der Waals surface area contributed by atoms with E-state index in [4.69, 9.17) is 0 Å². The molecule has 3 nitrogen and oxygen atoms in total. The molecule has 100 valence electrons. The van der Waals surface area contributed by atoms with Crippen molar-refractivity contribution in [2.45, 2.75) is 16.2 Å². The lowest BCUT2D eigenvalue weighted by Crippen LogP contribution is -2.05. The summed E-state index contributed by atoms with van der Waals surface area (Å²) in [4.78, 5) is 16.7. The van der Waals surface area contributed by atoms with Crippen LogP contribution in [0.5, 0.6) is 0 Å². The van der Waals surface area contributed by atoms with Crippen LogP contribution in [0.4, 0.5) is 5.69 Å². The van der Waals surface area contributed by atoms with E-state index in [1.807, 2.05) is 42.5 Å². The summed E-state index contributed by atoms with van der Waals surface area (Å²) in [7, 11) is 0. The minimum absolute atomic E-state index is 0.0628. The molecule has 20 heavy (non-hydrogen) atoms. The topological polar surface area (TPSA) is 42.0 Å². The maximum atomic E-state index is 11.1. The molecular formula is C15H12N2OS2. The summed E-state index contributed by atoms with van der Waals surface area (Å²) in [6.07, 6.45) is 0. The van der Waals surface area contributed by atoms with E-state index in [9.17, 15) is 4.79 Å². The number of para-hydroxylation sites is 1. The van der Waals surface area contributed by atoms with E-state index in [1.165, 1.54) is 11.6 Å². The van der Waals surface area contributed by atoms with Gasteiger partial charge in [-0.15, -0.1) is 11.3 Å². The van der Waals surface area contributed by atoms with Gasteiger partial charge in [-0.2, -0.15) is 0 Å². The van der Waals surface area contributed by atoms with Gasteiger partial charge in [-0.3, -0.25) is 4.79 Å². The van der Waals surface area contributed by atoms with Crippen LogP contribution in [0.1, 0.15) is 6.92 Å². The second-order valence-electron chi connectivity index (χ2n) is 4.26. The monoisotopic (exact) mass is 300 g/mol. The smallest absolute Gasteiger partial charge is 0.221 e. The number of hydrogen-bond donors (Lipinski definition) is 1. The van der Waals surface area contributed by atoms with Crippen LogP contribution in [-0.2, 0) is 4.79 Å². The molecule has 3 rings (SSSR count). The molecule has 0 aliphatic rings. The van der Waals surface area contributed by atoms with Crippen LogP contribution in [0.2, 0.25) is 0 Å². The summed E-state index contributed by atoms with van der Waals surface area (Å²) >= 11 is 3.29. The second-order valence-corrected chi connectivity index (χ2v) is 6.61. The number of anilines is 1. The number of nitrogens with zero attached hydrogens (tertiary/aromatic N) is 1. The Bertz CT molecular complexity index is 734. The normalized spacial score (nSPS) is 10.7. The Labute approximate surface area is 125 Å². The molecule has 1 N–H and O–H groups in total. The number of thiazole rings is 1. The van der Waals surface area contributed by atoms with Crippen LogP contribution < -0.4 is 5.32 Å². The average Bonchev–Trinajstić information content (AvgIpc) is 2.80. The van der Waals surface area contributed by atoms with Gasteiger partial charge in [0.2, 0.25) is 5.91 Å². The number of carbonyl (C=O) groups is 1. The van der Waals surface area contributed by atoms with Crippen molar-refractivity contribution in [3.05, 3.63) is 48.5 Å². The number of aromatic nitrogens is 1. The standard InChI is InChI=1S/C15H12N2OS2/c1-10(18)16-11-5-4-6-12(9-11)19-15-17-13-7-2-3-8-14(13)20-15/h2-9H,1H3,(H,16,18). The summed E-state index contributed by atoms with van der Waals surface area (Å²) in [5.74, 6) is -0.0628. The van der Waals surface area contributed by atoms with Gasteiger partial charge in [-0.25, -0.2) is 4.98 Å². The van der Waals surface area contributed by atoms with Crippen molar-refractivity contribution in [3.63, 3.8) is 0 Å². The fourth-order valence-corrected chi connectivity index (χ4v) is 3.94. The first kappa shape index (κ1) is 13.1. The lowest BCUT2D eigenvalue weighted by molar-refractivity contribution is -0.114. The summed E-state index contributed by atoms with van der Waals surface area (Å²) in [5.41, 5.74) is 1.83. The van der Waals surface area contributed by atoms with E-state index in [1.54, 1.807) is 23.1 Å². The Hall–Kier alpha value is -1.85. The molecule has 0 unspecified atom stereocenters. The van der Waals surface area contributed by atoms with Gasteiger partial charge >= 0.3 is 0 Å². The zero-order valence-electron chi connectivity index (χ0n) is 10.8. The first-order chi connectivity index (χ1) is 9.70. The number of hydrogen-bond acceptors (Lipinski definition) is 4. The van der Waals surface area contributed by atoms with Gasteiger partial charge in [-0.05, 0) is 30.3 Å². The van der Waals surface area contributed by atoms with Gasteiger partial charge in [0.1, 0.15) is 0 Å². The molecule has 0 saturated heterocycles. The van der Waals surface area contributed by atoms with E-state index in [0.29, 0.717) is 0 Å². The Morgan fingerprint density at radius 2 is 2.05 bits per heavy atom. The van der Waals surface area contributed by atoms with Crippen LogP contribution in [0.3, 0.4) is 0 Å². The minimum atomic E-state index is -0.0628. The Balaban J connectivity index is 1.85. The molecule has 1 heterocycles. The zero-order chi connectivity index (χ0) is 13.9. The number of nitrogens with one attached hydrogen (secondary N) is 1. The van der Waals surface area contributed by atoms with Gasteiger partial charge in [0, 0.05) is 17.5 Å². The molecule has 2 aromatic carbocycles. The molecule has 0 radical (unpaired) electrons. The molecule has 3 aromatic rings. The average molecular weight is 300 g/mol. The molecule has 1 amide bonds. The van der Waals surface area contributed by atoms with E-state index in [2.05, 4.69) is 16.4 Å². The SMILES string of the molecule is CC(=O)Nc1cccc(Sc2nc3ccccc3s2)c1. The lowest BCUT2D eigenvalue weighted by atomic mass is 10.3.